The van der Waals surface area contributed by atoms with Crippen LogP contribution in [-0.2, 0) is 0 Å². The lowest BCUT2D eigenvalue weighted by Gasteiger charge is -2.34. The van der Waals surface area contributed by atoms with E-state index >= 15 is 0 Å². The van der Waals surface area contributed by atoms with Gasteiger partial charge in [-0.2, -0.15) is 0 Å². The zero-order valence-corrected chi connectivity index (χ0v) is 14.4. The van der Waals surface area contributed by atoms with Gasteiger partial charge < -0.3 is 10.1 Å². The first-order chi connectivity index (χ1) is 9.58. The predicted octanol–water partition coefficient (Wildman–Crippen LogP) is 3.53. The molecule has 22 heavy (non-hydrogen) atoms. The minimum absolute atomic E-state index is 0. The van der Waals surface area contributed by atoms with E-state index in [-0.39, 0.29) is 30.9 Å². The Morgan fingerprint density at radius 2 is 1.59 bits per heavy atom. The molecule has 1 N–H and O–H groups in total. The van der Waals surface area contributed by atoms with Crippen molar-refractivity contribution in [2.45, 2.75) is 32.4 Å². The maximum atomic E-state index is 13.4. The number of nitrogens with zero attached hydrogens (tertiary/aromatic N) is 1. The molecule has 1 heterocycles. The highest BCUT2D eigenvalue weighted by molar-refractivity contribution is 5.85. The summed E-state index contributed by atoms with van der Waals surface area (Å²) in [5.74, 6) is 0.720. The molecule has 128 valence electrons. The molecule has 1 saturated heterocycles. The number of piperazine rings is 1. The molecule has 0 bridgehead atoms. The number of rotatable bonds is 5. The minimum Gasteiger partial charge on any atom is -0.491 e. The van der Waals surface area contributed by atoms with Crippen LogP contribution in [0.3, 0.4) is 0 Å². The van der Waals surface area contributed by atoms with Crippen LogP contribution in [0, 0.1) is 0 Å². The first kappa shape index (κ1) is 21.4. The molecular formula is C15H24Cl2F2N2O. The third-order valence-corrected chi connectivity index (χ3v) is 3.38. The summed E-state index contributed by atoms with van der Waals surface area (Å²) in [5, 5.41) is 3.18. The Morgan fingerprint density at radius 1 is 1.05 bits per heavy atom. The summed E-state index contributed by atoms with van der Waals surface area (Å²) < 4.78 is 32.3. The number of hydrogen-bond donors (Lipinski definition) is 1. The Balaban J connectivity index is 0.00000220. The van der Waals surface area contributed by atoms with Gasteiger partial charge in [0.25, 0.3) is 6.43 Å². The molecular weight excluding hydrogens is 333 g/mol. The van der Waals surface area contributed by atoms with Crippen LogP contribution < -0.4 is 10.1 Å². The topological polar surface area (TPSA) is 24.5 Å². The molecule has 0 spiro atoms. The minimum atomic E-state index is -2.38. The van der Waals surface area contributed by atoms with Gasteiger partial charge in [0.1, 0.15) is 5.75 Å². The lowest BCUT2D eigenvalue weighted by atomic mass is 10.0. The maximum Gasteiger partial charge on any atom is 0.258 e. The summed E-state index contributed by atoms with van der Waals surface area (Å²) in [6, 6.07) is 6.21. The highest BCUT2D eigenvalue weighted by Gasteiger charge is 2.29. The third kappa shape index (κ3) is 5.88. The first-order valence-electron chi connectivity index (χ1n) is 7.07. The van der Waals surface area contributed by atoms with E-state index in [0.717, 1.165) is 18.8 Å². The van der Waals surface area contributed by atoms with Crippen LogP contribution in [0.2, 0.25) is 0 Å². The van der Waals surface area contributed by atoms with Crippen LogP contribution in [0.1, 0.15) is 25.5 Å². The van der Waals surface area contributed by atoms with Crippen LogP contribution >= 0.6 is 24.8 Å². The van der Waals surface area contributed by atoms with E-state index in [9.17, 15) is 8.78 Å². The quantitative estimate of drug-likeness (QED) is 0.873. The van der Waals surface area contributed by atoms with Crippen molar-refractivity contribution >= 4 is 24.8 Å². The fraction of sp³-hybridized carbons (Fsp3) is 0.600. The van der Waals surface area contributed by atoms with Crippen molar-refractivity contribution in [2.24, 2.45) is 0 Å². The standard InChI is InChI=1S/C15H22F2N2O.2ClH/c1-11(2)20-13-5-3-12(4-6-13)14(15(16)17)19-9-7-18-8-10-19;;/h3-6,11,14-15,18H,7-10H2,1-2H3;2*1H/t14-;;/m1../s1. The Bertz CT molecular complexity index is 413. The van der Waals surface area contributed by atoms with Crippen molar-refractivity contribution in [1.82, 2.24) is 10.2 Å². The van der Waals surface area contributed by atoms with Crippen molar-refractivity contribution in [2.75, 3.05) is 26.2 Å². The Morgan fingerprint density at radius 3 is 2.05 bits per heavy atom. The molecule has 1 atom stereocenters. The Kier molecular flexibility index (Phi) is 9.92. The highest BCUT2D eigenvalue weighted by Crippen LogP contribution is 2.29. The zero-order valence-electron chi connectivity index (χ0n) is 12.8. The van der Waals surface area contributed by atoms with Crippen molar-refractivity contribution in [1.29, 1.82) is 0 Å². The summed E-state index contributed by atoms with van der Waals surface area (Å²) in [6.45, 7) is 6.71. The molecule has 1 aromatic rings. The summed E-state index contributed by atoms with van der Waals surface area (Å²) in [4.78, 5) is 1.85. The summed E-state index contributed by atoms with van der Waals surface area (Å²) in [6.07, 6.45) is -2.30. The van der Waals surface area contributed by atoms with Crippen LogP contribution in [0.15, 0.2) is 24.3 Å². The van der Waals surface area contributed by atoms with Gasteiger partial charge in [0.15, 0.2) is 0 Å². The first-order valence-corrected chi connectivity index (χ1v) is 7.07. The molecule has 7 heteroatoms. The predicted molar refractivity (Wildman–Crippen MR) is 89.9 cm³/mol. The van der Waals surface area contributed by atoms with E-state index in [0.29, 0.717) is 18.7 Å². The second-order valence-electron chi connectivity index (χ2n) is 5.30. The lowest BCUT2D eigenvalue weighted by Crippen LogP contribution is -2.46. The van der Waals surface area contributed by atoms with E-state index in [2.05, 4.69) is 5.32 Å². The largest absolute Gasteiger partial charge is 0.491 e. The van der Waals surface area contributed by atoms with Gasteiger partial charge in [0.05, 0.1) is 12.1 Å². The van der Waals surface area contributed by atoms with Gasteiger partial charge in [0.2, 0.25) is 0 Å². The molecule has 0 amide bonds. The van der Waals surface area contributed by atoms with E-state index in [1.54, 1.807) is 24.3 Å². The van der Waals surface area contributed by atoms with Gasteiger partial charge in [-0.3, -0.25) is 4.90 Å². The van der Waals surface area contributed by atoms with Crippen LogP contribution in [0.5, 0.6) is 5.75 Å². The fourth-order valence-corrected chi connectivity index (χ4v) is 2.49. The van der Waals surface area contributed by atoms with Gasteiger partial charge in [-0.15, -0.1) is 24.8 Å². The zero-order chi connectivity index (χ0) is 14.5. The van der Waals surface area contributed by atoms with Gasteiger partial charge in [-0.1, -0.05) is 12.1 Å². The number of hydrogen-bond acceptors (Lipinski definition) is 3. The SMILES string of the molecule is CC(C)Oc1ccc([C@H](C(F)F)N2CCNCC2)cc1.Cl.Cl. The average molecular weight is 357 g/mol. The fourth-order valence-electron chi connectivity index (χ4n) is 2.49. The molecule has 1 aliphatic rings. The average Bonchev–Trinajstić information content (AvgIpc) is 2.41. The monoisotopic (exact) mass is 356 g/mol. The van der Waals surface area contributed by atoms with Crippen LogP contribution in [0.4, 0.5) is 8.78 Å². The Labute approximate surface area is 143 Å². The summed E-state index contributed by atoms with van der Waals surface area (Å²) in [7, 11) is 0. The van der Waals surface area contributed by atoms with E-state index < -0.39 is 12.5 Å². The molecule has 0 radical (unpaired) electrons. The Hall–Kier alpha value is -0.620. The molecule has 2 rings (SSSR count). The molecule has 1 aliphatic heterocycles. The molecule has 0 aliphatic carbocycles. The lowest BCUT2D eigenvalue weighted by molar-refractivity contribution is 0.0181. The van der Waals surface area contributed by atoms with E-state index in [4.69, 9.17) is 4.74 Å². The van der Waals surface area contributed by atoms with Crippen LogP contribution in [-0.4, -0.2) is 43.6 Å². The summed E-state index contributed by atoms with van der Waals surface area (Å²) >= 11 is 0. The molecule has 1 fully saturated rings. The number of halogens is 4. The molecule has 3 nitrogen and oxygen atoms in total. The molecule has 0 unspecified atom stereocenters. The van der Waals surface area contributed by atoms with Gasteiger partial charge in [-0.25, -0.2) is 8.78 Å². The normalized spacial score (nSPS) is 16.8. The molecule has 0 aromatic heterocycles. The van der Waals surface area contributed by atoms with E-state index in [1.165, 1.54) is 0 Å². The number of alkyl halides is 2. The second kappa shape index (κ2) is 10.2. The maximum absolute atomic E-state index is 13.4. The van der Waals surface area contributed by atoms with Gasteiger partial charge in [0, 0.05) is 26.2 Å². The van der Waals surface area contributed by atoms with Gasteiger partial charge >= 0.3 is 0 Å². The number of benzene rings is 1. The smallest absolute Gasteiger partial charge is 0.258 e. The van der Waals surface area contributed by atoms with Gasteiger partial charge in [-0.05, 0) is 31.5 Å². The van der Waals surface area contributed by atoms with Crippen molar-refractivity contribution in [3.05, 3.63) is 29.8 Å². The van der Waals surface area contributed by atoms with Crippen molar-refractivity contribution < 1.29 is 13.5 Å². The third-order valence-electron chi connectivity index (χ3n) is 3.38. The number of nitrogens with one attached hydrogen (secondary N) is 1. The summed E-state index contributed by atoms with van der Waals surface area (Å²) in [5.41, 5.74) is 0.651. The van der Waals surface area contributed by atoms with Crippen LogP contribution in [0.25, 0.3) is 0 Å². The number of ether oxygens (including phenoxy) is 1. The molecule has 0 saturated carbocycles. The highest BCUT2D eigenvalue weighted by atomic mass is 35.5. The van der Waals surface area contributed by atoms with E-state index in [1.807, 2.05) is 18.7 Å². The van der Waals surface area contributed by atoms with Crippen molar-refractivity contribution in [3.8, 4) is 5.75 Å². The molecule has 1 aromatic carbocycles. The van der Waals surface area contributed by atoms with Crippen molar-refractivity contribution in [3.63, 3.8) is 0 Å². The second-order valence-corrected chi connectivity index (χ2v) is 5.30.